The Labute approximate surface area is 186 Å². The summed E-state index contributed by atoms with van der Waals surface area (Å²) in [5.74, 6) is -0.0177. The topological polar surface area (TPSA) is 82.9 Å². The summed E-state index contributed by atoms with van der Waals surface area (Å²) in [6, 6.07) is 13.7. The lowest BCUT2D eigenvalue weighted by Gasteiger charge is -2.34. The van der Waals surface area contributed by atoms with Gasteiger partial charge >= 0.3 is 0 Å². The highest BCUT2D eigenvalue weighted by Gasteiger charge is 2.25. The number of furan rings is 1. The molecule has 0 unspecified atom stereocenters. The van der Waals surface area contributed by atoms with Gasteiger partial charge in [0, 0.05) is 31.7 Å². The molecule has 1 saturated heterocycles. The zero-order valence-corrected chi connectivity index (χ0v) is 18.4. The van der Waals surface area contributed by atoms with Gasteiger partial charge in [0.05, 0.1) is 23.4 Å². The fourth-order valence-electron chi connectivity index (χ4n) is 3.65. The van der Waals surface area contributed by atoms with Crippen molar-refractivity contribution in [2.24, 2.45) is 0 Å². The van der Waals surface area contributed by atoms with Crippen molar-refractivity contribution < 1.29 is 22.0 Å². The quantitative estimate of drug-likeness (QED) is 0.613. The lowest BCUT2D eigenvalue weighted by atomic mass is 10.1. The van der Waals surface area contributed by atoms with E-state index < -0.39 is 15.8 Å². The molecule has 168 valence electrons. The molecule has 3 aromatic rings. The molecule has 2 heterocycles. The number of benzene rings is 2. The Morgan fingerprint density at radius 3 is 2.50 bits per heavy atom. The zero-order valence-electron chi connectivity index (χ0n) is 17.6. The lowest BCUT2D eigenvalue weighted by molar-refractivity contribution is 0.0619. The number of nitrogens with one attached hydrogen (secondary N) is 1. The Morgan fingerprint density at radius 2 is 1.81 bits per heavy atom. The third-order valence-electron chi connectivity index (χ3n) is 5.49. The molecule has 0 saturated carbocycles. The molecule has 0 spiro atoms. The largest absolute Gasteiger partial charge is 0.468 e. The second kappa shape index (κ2) is 9.13. The van der Waals surface area contributed by atoms with E-state index in [4.69, 9.17) is 4.42 Å². The number of sulfonamides is 1. The molecule has 1 aliphatic heterocycles. The summed E-state index contributed by atoms with van der Waals surface area (Å²) in [6.07, 6.45) is 1.64. The average molecular weight is 458 g/mol. The maximum absolute atomic E-state index is 13.9. The molecule has 32 heavy (non-hydrogen) atoms. The van der Waals surface area contributed by atoms with Crippen LogP contribution < -0.4 is 4.72 Å². The molecule has 0 radical (unpaired) electrons. The molecule has 0 atom stereocenters. The number of rotatable bonds is 6. The highest BCUT2D eigenvalue weighted by Crippen LogP contribution is 2.22. The number of amides is 1. The van der Waals surface area contributed by atoms with E-state index in [1.807, 2.05) is 12.1 Å². The standard InChI is InChI=1S/C23H24FN3O4S/c1-17-8-9-19(32(29,30)25-22-7-3-2-6-21(22)24)15-20(17)23(28)27-12-10-26(11-13-27)16-18-5-4-14-31-18/h2-9,14-15,25H,10-13,16H2,1H3. The summed E-state index contributed by atoms with van der Waals surface area (Å²) >= 11 is 0. The summed E-state index contributed by atoms with van der Waals surface area (Å²) in [7, 11) is -4.06. The van der Waals surface area contributed by atoms with E-state index >= 15 is 0 Å². The van der Waals surface area contributed by atoms with E-state index in [0.717, 1.165) is 5.76 Å². The smallest absolute Gasteiger partial charge is 0.262 e. The van der Waals surface area contributed by atoms with Crippen LogP contribution in [0.3, 0.4) is 0 Å². The molecule has 1 amide bonds. The van der Waals surface area contributed by atoms with Crippen molar-refractivity contribution in [3.8, 4) is 0 Å². The summed E-state index contributed by atoms with van der Waals surface area (Å²) in [6.45, 7) is 4.90. The van der Waals surface area contributed by atoms with Crippen LogP contribution in [0.2, 0.25) is 0 Å². The van der Waals surface area contributed by atoms with Gasteiger partial charge in [-0.05, 0) is 48.9 Å². The molecule has 1 N–H and O–H groups in total. The van der Waals surface area contributed by atoms with Gasteiger partial charge in [0.2, 0.25) is 0 Å². The molecule has 0 bridgehead atoms. The van der Waals surface area contributed by atoms with Crippen molar-refractivity contribution >= 4 is 21.6 Å². The SMILES string of the molecule is Cc1ccc(S(=O)(=O)Nc2ccccc2F)cc1C(=O)N1CCN(Cc2ccco2)CC1. The number of piperazine rings is 1. The first-order valence-corrected chi connectivity index (χ1v) is 11.7. The van der Waals surface area contributed by atoms with Gasteiger partial charge in [-0.15, -0.1) is 0 Å². The Bertz CT molecular complexity index is 1200. The van der Waals surface area contributed by atoms with Gasteiger partial charge in [-0.2, -0.15) is 0 Å². The highest BCUT2D eigenvalue weighted by atomic mass is 32.2. The molecule has 2 aromatic carbocycles. The van der Waals surface area contributed by atoms with Crippen molar-refractivity contribution in [3.63, 3.8) is 0 Å². The summed E-state index contributed by atoms with van der Waals surface area (Å²) in [4.78, 5) is 17.0. The maximum atomic E-state index is 13.9. The fraction of sp³-hybridized carbons (Fsp3) is 0.261. The highest BCUT2D eigenvalue weighted by molar-refractivity contribution is 7.92. The molecule has 4 rings (SSSR count). The summed E-state index contributed by atoms with van der Waals surface area (Å²) in [5.41, 5.74) is 0.854. The molecular weight excluding hydrogens is 433 g/mol. The molecular formula is C23H24FN3O4S. The van der Waals surface area contributed by atoms with Crippen LogP contribution >= 0.6 is 0 Å². The number of anilines is 1. The van der Waals surface area contributed by atoms with Gasteiger partial charge in [0.15, 0.2) is 0 Å². The van der Waals surface area contributed by atoms with E-state index in [1.165, 1.54) is 36.4 Å². The number of aryl methyl sites for hydroxylation is 1. The Morgan fingerprint density at radius 1 is 1.06 bits per heavy atom. The van der Waals surface area contributed by atoms with Gasteiger partial charge in [-0.1, -0.05) is 18.2 Å². The Kier molecular flexibility index (Phi) is 6.29. The fourth-order valence-corrected chi connectivity index (χ4v) is 4.74. The summed E-state index contributed by atoms with van der Waals surface area (Å²) in [5, 5.41) is 0. The number of carbonyl (C=O) groups excluding carboxylic acids is 1. The van der Waals surface area contributed by atoms with Crippen molar-refractivity contribution in [3.05, 3.63) is 83.6 Å². The maximum Gasteiger partial charge on any atom is 0.262 e. The second-order valence-corrected chi connectivity index (χ2v) is 9.39. The predicted molar refractivity (Wildman–Crippen MR) is 118 cm³/mol. The van der Waals surface area contributed by atoms with Gasteiger partial charge in [0.1, 0.15) is 11.6 Å². The average Bonchev–Trinajstić information content (AvgIpc) is 3.28. The van der Waals surface area contributed by atoms with E-state index in [9.17, 15) is 17.6 Å². The summed E-state index contributed by atoms with van der Waals surface area (Å²) < 4.78 is 47.1. The monoisotopic (exact) mass is 457 g/mol. The van der Waals surface area contributed by atoms with Gasteiger partial charge in [-0.3, -0.25) is 14.4 Å². The minimum atomic E-state index is -4.06. The minimum Gasteiger partial charge on any atom is -0.468 e. The first-order chi connectivity index (χ1) is 15.3. The molecule has 9 heteroatoms. The van der Waals surface area contributed by atoms with Gasteiger partial charge in [0.25, 0.3) is 15.9 Å². The first-order valence-electron chi connectivity index (χ1n) is 10.3. The van der Waals surface area contributed by atoms with E-state index in [0.29, 0.717) is 43.9 Å². The zero-order chi connectivity index (χ0) is 22.7. The van der Waals surface area contributed by atoms with Crippen molar-refractivity contribution in [1.29, 1.82) is 0 Å². The van der Waals surface area contributed by atoms with Crippen molar-refractivity contribution in [2.75, 3.05) is 30.9 Å². The molecule has 1 aromatic heterocycles. The lowest BCUT2D eigenvalue weighted by Crippen LogP contribution is -2.48. The van der Waals surface area contributed by atoms with E-state index in [2.05, 4.69) is 9.62 Å². The third kappa shape index (κ3) is 4.84. The van der Waals surface area contributed by atoms with Crippen molar-refractivity contribution in [2.45, 2.75) is 18.4 Å². The molecule has 1 fully saturated rings. The van der Waals surface area contributed by atoms with Crippen LogP contribution in [-0.4, -0.2) is 50.3 Å². The normalized spacial score (nSPS) is 15.0. The van der Waals surface area contributed by atoms with Crippen LogP contribution in [-0.2, 0) is 16.6 Å². The third-order valence-corrected chi connectivity index (χ3v) is 6.85. The van der Waals surface area contributed by atoms with Crippen LogP contribution in [0.5, 0.6) is 0 Å². The van der Waals surface area contributed by atoms with Crippen molar-refractivity contribution in [1.82, 2.24) is 9.80 Å². The number of hydrogen-bond acceptors (Lipinski definition) is 5. The van der Waals surface area contributed by atoms with Crippen LogP contribution in [0, 0.1) is 12.7 Å². The van der Waals surface area contributed by atoms with Gasteiger partial charge in [-0.25, -0.2) is 12.8 Å². The van der Waals surface area contributed by atoms with Crippen LogP contribution in [0.15, 0.2) is 70.2 Å². The Hall–Kier alpha value is -3.17. The molecule has 0 aliphatic carbocycles. The predicted octanol–water partition coefficient (Wildman–Crippen LogP) is 3.49. The number of para-hydroxylation sites is 1. The minimum absolute atomic E-state index is 0.0915. The van der Waals surface area contributed by atoms with Crippen LogP contribution in [0.1, 0.15) is 21.7 Å². The number of carbonyl (C=O) groups is 1. The number of nitrogens with zero attached hydrogens (tertiary/aromatic N) is 2. The van der Waals surface area contributed by atoms with E-state index in [1.54, 1.807) is 24.2 Å². The van der Waals surface area contributed by atoms with Crippen LogP contribution in [0.4, 0.5) is 10.1 Å². The Balaban J connectivity index is 1.47. The van der Waals surface area contributed by atoms with Gasteiger partial charge < -0.3 is 9.32 Å². The molecule has 1 aliphatic rings. The number of hydrogen-bond donors (Lipinski definition) is 1. The molecule has 7 nitrogen and oxygen atoms in total. The second-order valence-electron chi connectivity index (χ2n) is 7.71. The van der Waals surface area contributed by atoms with E-state index in [-0.39, 0.29) is 16.5 Å². The number of halogens is 1. The first kappa shape index (κ1) is 22.0. The van der Waals surface area contributed by atoms with Crippen LogP contribution in [0.25, 0.3) is 0 Å².